The van der Waals surface area contributed by atoms with Crippen LogP contribution >= 0.6 is 0 Å². The summed E-state index contributed by atoms with van der Waals surface area (Å²) in [6, 6.07) is 0. The molecule has 0 heterocycles. The topological polar surface area (TPSA) is 63.3 Å². The predicted octanol–water partition coefficient (Wildman–Crippen LogP) is 1.64. The fourth-order valence-electron chi connectivity index (χ4n) is 1.15. The molecular formula is C11H7F4NO2. The Balaban J connectivity index is 3.50. The lowest BCUT2D eigenvalue weighted by molar-refractivity contribution is 0.0683. The quantitative estimate of drug-likeness (QED) is 0.483. The van der Waals surface area contributed by atoms with Gasteiger partial charge in [0.2, 0.25) is 0 Å². The first-order valence-corrected chi connectivity index (χ1v) is 4.70. The molecule has 1 aromatic rings. The first-order valence-electron chi connectivity index (χ1n) is 4.70. The Morgan fingerprint density at radius 2 is 1.61 bits per heavy atom. The van der Waals surface area contributed by atoms with Crippen molar-refractivity contribution in [3.05, 3.63) is 34.4 Å². The van der Waals surface area contributed by atoms with Gasteiger partial charge in [0, 0.05) is 13.0 Å². The van der Waals surface area contributed by atoms with Gasteiger partial charge >= 0.3 is 5.97 Å². The highest BCUT2D eigenvalue weighted by Crippen LogP contribution is 2.23. The van der Waals surface area contributed by atoms with Crippen molar-refractivity contribution >= 4 is 5.97 Å². The number of hydrogen-bond donors (Lipinski definition) is 2. The summed E-state index contributed by atoms with van der Waals surface area (Å²) in [6.45, 7) is 0.106. The van der Waals surface area contributed by atoms with Crippen molar-refractivity contribution in [3.63, 3.8) is 0 Å². The van der Waals surface area contributed by atoms with Crippen LogP contribution in [0.3, 0.4) is 0 Å². The molecule has 7 heteroatoms. The van der Waals surface area contributed by atoms with Gasteiger partial charge in [0.25, 0.3) is 0 Å². The number of rotatable bonds is 2. The summed E-state index contributed by atoms with van der Waals surface area (Å²) < 4.78 is 53.0. The maximum atomic E-state index is 13.3. The Hall–Kier alpha value is -2.07. The highest BCUT2D eigenvalue weighted by Gasteiger charge is 2.28. The Morgan fingerprint density at radius 3 is 2.00 bits per heavy atom. The molecule has 0 unspecified atom stereocenters. The SMILES string of the molecule is NCCC#Cc1c(F)c(F)c(C(=O)O)c(F)c1F. The number of carbonyl (C=O) groups is 1. The minimum absolute atomic E-state index is 0.0722. The Bertz CT molecular complexity index is 531. The number of hydrogen-bond acceptors (Lipinski definition) is 2. The first-order chi connectivity index (χ1) is 8.41. The normalized spacial score (nSPS) is 9.83. The van der Waals surface area contributed by atoms with Crippen molar-refractivity contribution < 1.29 is 27.5 Å². The highest BCUT2D eigenvalue weighted by atomic mass is 19.2. The number of carboxylic acid groups (broad SMARTS) is 1. The molecule has 1 aromatic carbocycles. The van der Waals surface area contributed by atoms with E-state index in [4.69, 9.17) is 10.8 Å². The number of benzene rings is 1. The van der Waals surface area contributed by atoms with Gasteiger partial charge in [-0.05, 0) is 0 Å². The van der Waals surface area contributed by atoms with Gasteiger partial charge in [-0.1, -0.05) is 11.8 Å². The summed E-state index contributed by atoms with van der Waals surface area (Å²) in [6.07, 6.45) is 0.0722. The van der Waals surface area contributed by atoms with E-state index >= 15 is 0 Å². The van der Waals surface area contributed by atoms with Crippen molar-refractivity contribution in [1.82, 2.24) is 0 Å². The van der Waals surface area contributed by atoms with Crippen LogP contribution in [0.2, 0.25) is 0 Å². The molecule has 0 amide bonds. The molecule has 1 rings (SSSR count). The van der Waals surface area contributed by atoms with Gasteiger partial charge in [0.1, 0.15) is 11.1 Å². The van der Waals surface area contributed by atoms with Gasteiger partial charge in [-0.2, -0.15) is 0 Å². The zero-order chi connectivity index (χ0) is 13.9. The second-order valence-electron chi connectivity index (χ2n) is 3.15. The van der Waals surface area contributed by atoms with Crippen LogP contribution < -0.4 is 5.73 Å². The Kier molecular flexibility index (Phi) is 4.28. The zero-order valence-corrected chi connectivity index (χ0v) is 8.86. The molecule has 0 aliphatic carbocycles. The second-order valence-corrected chi connectivity index (χ2v) is 3.15. The molecule has 0 atom stereocenters. The monoisotopic (exact) mass is 261 g/mol. The van der Waals surface area contributed by atoms with Gasteiger partial charge in [-0.15, -0.1) is 0 Å². The van der Waals surface area contributed by atoms with Crippen molar-refractivity contribution in [2.24, 2.45) is 5.73 Å². The molecule has 18 heavy (non-hydrogen) atoms. The molecule has 3 nitrogen and oxygen atoms in total. The zero-order valence-electron chi connectivity index (χ0n) is 8.86. The largest absolute Gasteiger partial charge is 0.477 e. The van der Waals surface area contributed by atoms with Crippen molar-refractivity contribution in [3.8, 4) is 11.8 Å². The molecule has 0 saturated heterocycles. The van der Waals surface area contributed by atoms with Crippen molar-refractivity contribution in [2.75, 3.05) is 6.54 Å². The van der Waals surface area contributed by atoms with Gasteiger partial charge in [0.15, 0.2) is 23.3 Å². The molecule has 0 bridgehead atoms. The first kappa shape index (κ1) is 14.0. The van der Waals surface area contributed by atoms with Crippen LogP contribution in [0.5, 0.6) is 0 Å². The van der Waals surface area contributed by atoms with E-state index in [0.717, 1.165) is 0 Å². The lowest BCUT2D eigenvalue weighted by Gasteiger charge is -2.05. The van der Waals surface area contributed by atoms with E-state index in [1.807, 2.05) is 5.92 Å². The van der Waals surface area contributed by atoms with E-state index in [1.54, 1.807) is 0 Å². The van der Waals surface area contributed by atoms with E-state index in [1.165, 1.54) is 0 Å². The van der Waals surface area contributed by atoms with Gasteiger partial charge in [-0.3, -0.25) is 0 Å². The van der Waals surface area contributed by atoms with Crippen LogP contribution in [0, 0.1) is 35.1 Å². The summed E-state index contributed by atoms with van der Waals surface area (Å²) in [5, 5.41) is 8.43. The number of aromatic carboxylic acids is 1. The minimum atomic E-state index is -2.11. The van der Waals surface area contributed by atoms with Gasteiger partial charge in [-0.25, -0.2) is 22.4 Å². The predicted molar refractivity (Wildman–Crippen MR) is 53.8 cm³/mol. The van der Waals surface area contributed by atoms with E-state index in [-0.39, 0.29) is 13.0 Å². The third kappa shape index (κ3) is 2.43. The molecule has 0 aliphatic rings. The molecule has 0 spiro atoms. The summed E-state index contributed by atoms with van der Waals surface area (Å²) in [5.74, 6) is -5.68. The molecule has 3 N–H and O–H groups in total. The smallest absolute Gasteiger partial charge is 0.341 e. The molecule has 0 fully saturated rings. The van der Waals surface area contributed by atoms with E-state index < -0.39 is 40.4 Å². The van der Waals surface area contributed by atoms with E-state index in [9.17, 15) is 22.4 Å². The third-order valence-electron chi connectivity index (χ3n) is 1.96. The summed E-state index contributed by atoms with van der Waals surface area (Å²) in [7, 11) is 0. The maximum Gasteiger partial charge on any atom is 0.341 e. The van der Waals surface area contributed by atoms with Crippen LogP contribution in [-0.2, 0) is 0 Å². The lowest BCUT2D eigenvalue weighted by Crippen LogP contribution is -2.11. The molecule has 0 radical (unpaired) electrons. The fraction of sp³-hybridized carbons (Fsp3) is 0.182. The Morgan fingerprint density at radius 1 is 1.11 bits per heavy atom. The fourth-order valence-corrected chi connectivity index (χ4v) is 1.15. The van der Waals surface area contributed by atoms with Crippen LogP contribution in [0.1, 0.15) is 22.3 Å². The summed E-state index contributed by atoms with van der Waals surface area (Å²) in [5.41, 5.74) is 2.24. The van der Waals surface area contributed by atoms with Gasteiger partial charge in [0.05, 0.1) is 0 Å². The van der Waals surface area contributed by atoms with E-state index in [0.29, 0.717) is 0 Å². The number of carboxylic acids is 1. The Labute approximate surface area is 99.2 Å². The molecule has 0 aliphatic heterocycles. The second kappa shape index (κ2) is 5.51. The maximum absolute atomic E-state index is 13.3. The third-order valence-corrected chi connectivity index (χ3v) is 1.96. The number of halogens is 4. The molecule has 0 aromatic heterocycles. The van der Waals surface area contributed by atoms with Crippen LogP contribution in [0.25, 0.3) is 0 Å². The highest BCUT2D eigenvalue weighted by molar-refractivity contribution is 5.88. The lowest BCUT2D eigenvalue weighted by atomic mass is 10.1. The van der Waals surface area contributed by atoms with Crippen LogP contribution in [-0.4, -0.2) is 17.6 Å². The molecule has 0 saturated carbocycles. The van der Waals surface area contributed by atoms with Crippen molar-refractivity contribution in [2.45, 2.75) is 6.42 Å². The average Bonchev–Trinajstić information content (AvgIpc) is 2.31. The number of nitrogens with two attached hydrogens (primary N) is 1. The standard InChI is InChI=1S/C11H7F4NO2/c12-7-5(3-1-2-4-16)8(13)10(15)6(9(7)14)11(17)18/h2,4,16H2,(H,17,18). The average molecular weight is 261 g/mol. The minimum Gasteiger partial charge on any atom is -0.477 e. The summed E-state index contributed by atoms with van der Waals surface area (Å²) in [4.78, 5) is 10.5. The van der Waals surface area contributed by atoms with Crippen LogP contribution in [0.4, 0.5) is 17.6 Å². The molecular weight excluding hydrogens is 254 g/mol. The van der Waals surface area contributed by atoms with Gasteiger partial charge < -0.3 is 10.8 Å². The molecule has 96 valence electrons. The van der Waals surface area contributed by atoms with Crippen molar-refractivity contribution in [1.29, 1.82) is 0 Å². The van der Waals surface area contributed by atoms with E-state index in [2.05, 4.69) is 5.92 Å². The summed E-state index contributed by atoms with van der Waals surface area (Å²) >= 11 is 0. The van der Waals surface area contributed by atoms with Crippen LogP contribution in [0.15, 0.2) is 0 Å².